The summed E-state index contributed by atoms with van der Waals surface area (Å²) in [6, 6.07) is 15.4. The third kappa shape index (κ3) is 5.54. The maximum Gasteiger partial charge on any atom is 0.270 e. The fraction of sp³-hybridized carbons (Fsp3) is 0.211. The molecule has 25 heavy (non-hydrogen) atoms. The molecule has 0 bridgehead atoms. The molecule has 2 aromatic carbocycles. The Labute approximate surface area is 146 Å². The van der Waals surface area contributed by atoms with Crippen molar-refractivity contribution < 1.29 is 14.5 Å². The number of nitro groups is 1. The Balaban J connectivity index is 2.30. The maximum absolute atomic E-state index is 12.6. The van der Waals surface area contributed by atoms with E-state index in [1.54, 1.807) is 25.3 Å². The lowest BCUT2D eigenvalue weighted by Crippen LogP contribution is -2.26. The molecule has 1 amide bonds. The first kappa shape index (κ1) is 18.4. The molecule has 0 aliphatic heterocycles. The van der Waals surface area contributed by atoms with Crippen molar-refractivity contribution in [3.05, 3.63) is 75.8 Å². The second-order valence-electron chi connectivity index (χ2n) is 5.38. The zero-order chi connectivity index (χ0) is 18.1. The molecule has 0 unspecified atom stereocenters. The standard InChI is InChI=1S/C19H20N2O4/c1-25-12-6-11-20-19(22)18(16-8-3-2-4-9-16)14-15-7-5-10-17(13-15)21(23)24/h2-5,7-10,13-14H,6,11-12H2,1H3,(H,20,22)/b18-14+. The number of nitro benzene ring substituents is 1. The zero-order valence-corrected chi connectivity index (χ0v) is 14.0. The predicted molar refractivity (Wildman–Crippen MR) is 96.9 cm³/mol. The number of benzene rings is 2. The van der Waals surface area contributed by atoms with Crippen LogP contribution in [0.3, 0.4) is 0 Å². The van der Waals surface area contributed by atoms with Crippen LogP contribution in [0.4, 0.5) is 5.69 Å². The molecule has 0 aromatic heterocycles. The van der Waals surface area contributed by atoms with Gasteiger partial charge in [0.1, 0.15) is 0 Å². The van der Waals surface area contributed by atoms with Crippen LogP contribution in [-0.4, -0.2) is 31.1 Å². The molecule has 2 rings (SSSR count). The highest BCUT2D eigenvalue weighted by Crippen LogP contribution is 2.21. The summed E-state index contributed by atoms with van der Waals surface area (Å²) in [5.41, 5.74) is 1.79. The Morgan fingerprint density at radius 2 is 1.96 bits per heavy atom. The number of ether oxygens (including phenoxy) is 1. The van der Waals surface area contributed by atoms with Gasteiger partial charge in [-0.2, -0.15) is 0 Å². The van der Waals surface area contributed by atoms with E-state index in [4.69, 9.17) is 4.74 Å². The SMILES string of the molecule is COCCCNC(=O)/C(=C/c1cccc([N+](=O)[O-])c1)c1ccccc1. The number of rotatable bonds is 8. The summed E-state index contributed by atoms with van der Waals surface area (Å²) in [5.74, 6) is -0.228. The molecule has 6 nitrogen and oxygen atoms in total. The highest BCUT2D eigenvalue weighted by atomic mass is 16.6. The fourth-order valence-corrected chi connectivity index (χ4v) is 2.31. The molecule has 0 spiro atoms. The number of hydrogen-bond acceptors (Lipinski definition) is 4. The molecule has 1 N–H and O–H groups in total. The molecule has 0 heterocycles. The van der Waals surface area contributed by atoms with Gasteiger partial charge in [0, 0.05) is 38.0 Å². The maximum atomic E-state index is 12.6. The molecular formula is C19H20N2O4. The molecule has 0 fully saturated rings. The number of hydrogen-bond donors (Lipinski definition) is 1. The molecule has 0 aliphatic rings. The van der Waals surface area contributed by atoms with Crippen molar-refractivity contribution >= 4 is 23.2 Å². The van der Waals surface area contributed by atoms with E-state index in [0.717, 1.165) is 5.56 Å². The number of amides is 1. The van der Waals surface area contributed by atoms with E-state index in [2.05, 4.69) is 5.32 Å². The summed E-state index contributed by atoms with van der Waals surface area (Å²) >= 11 is 0. The summed E-state index contributed by atoms with van der Waals surface area (Å²) in [4.78, 5) is 23.1. The largest absolute Gasteiger partial charge is 0.385 e. The predicted octanol–water partition coefficient (Wildman–Crippen LogP) is 3.29. The number of non-ortho nitro benzene ring substituents is 1. The van der Waals surface area contributed by atoms with Crippen LogP contribution in [0.1, 0.15) is 17.5 Å². The number of nitrogens with one attached hydrogen (secondary N) is 1. The van der Waals surface area contributed by atoms with Crippen LogP contribution < -0.4 is 5.32 Å². The van der Waals surface area contributed by atoms with Gasteiger partial charge in [0.15, 0.2) is 0 Å². The molecule has 0 saturated carbocycles. The van der Waals surface area contributed by atoms with Crippen molar-refractivity contribution in [1.29, 1.82) is 0 Å². The minimum Gasteiger partial charge on any atom is -0.385 e. The Bertz CT molecular complexity index is 757. The van der Waals surface area contributed by atoms with Gasteiger partial charge in [-0.1, -0.05) is 42.5 Å². The zero-order valence-electron chi connectivity index (χ0n) is 14.0. The third-order valence-electron chi connectivity index (χ3n) is 3.53. The molecule has 2 aromatic rings. The molecule has 0 saturated heterocycles. The van der Waals surface area contributed by atoms with Gasteiger partial charge >= 0.3 is 0 Å². The van der Waals surface area contributed by atoms with Crippen LogP contribution in [0, 0.1) is 10.1 Å². The van der Waals surface area contributed by atoms with E-state index in [9.17, 15) is 14.9 Å². The Morgan fingerprint density at radius 1 is 1.20 bits per heavy atom. The molecular weight excluding hydrogens is 320 g/mol. The van der Waals surface area contributed by atoms with Gasteiger partial charge < -0.3 is 10.1 Å². The van der Waals surface area contributed by atoms with Gasteiger partial charge in [-0.25, -0.2) is 0 Å². The highest BCUT2D eigenvalue weighted by Gasteiger charge is 2.12. The van der Waals surface area contributed by atoms with E-state index < -0.39 is 4.92 Å². The monoisotopic (exact) mass is 340 g/mol. The summed E-state index contributed by atoms with van der Waals surface area (Å²) in [6.45, 7) is 1.06. The van der Waals surface area contributed by atoms with Gasteiger partial charge in [0.25, 0.3) is 11.6 Å². The second kappa shape index (κ2) is 9.34. The third-order valence-corrected chi connectivity index (χ3v) is 3.53. The van der Waals surface area contributed by atoms with Crippen LogP contribution in [0.15, 0.2) is 54.6 Å². The lowest BCUT2D eigenvalue weighted by molar-refractivity contribution is -0.384. The number of nitrogens with zero attached hydrogens (tertiary/aromatic N) is 1. The van der Waals surface area contributed by atoms with Crippen molar-refractivity contribution in [3.8, 4) is 0 Å². The van der Waals surface area contributed by atoms with Crippen molar-refractivity contribution in [2.45, 2.75) is 6.42 Å². The summed E-state index contributed by atoms with van der Waals surface area (Å²) < 4.78 is 4.97. The van der Waals surface area contributed by atoms with E-state index in [1.807, 2.05) is 30.3 Å². The number of carbonyl (C=O) groups excluding carboxylic acids is 1. The number of carbonyl (C=O) groups is 1. The average molecular weight is 340 g/mol. The first-order chi connectivity index (χ1) is 12.1. The minimum absolute atomic E-state index is 0.0123. The topological polar surface area (TPSA) is 81.5 Å². The van der Waals surface area contributed by atoms with E-state index in [0.29, 0.717) is 30.7 Å². The first-order valence-corrected chi connectivity index (χ1v) is 7.90. The second-order valence-corrected chi connectivity index (χ2v) is 5.38. The molecule has 0 aliphatic carbocycles. The summed E-state index contributed by atoms with van der Waals surface area (Å²) in [6.07, 6.45) is 2.37. The van der Waals surface area contributed by atoms with Crippen molar-refractivity contribution in [2.24, 2.45) is 0 Å². The summed E-state index contributed by atoms with van der Waals surface area (Å²) in [7, 11) is 1.61. The normalized spacial score (nSPS) is 11.2. The van der Waals surface area contributed by atoms with E-state index in [1.165, 1.54) is 12.1 Å². The van der Waals surface area contributed by atoms with Gasteiger partial charge in [0.2, 0.25) is 0 Å². The Hall–Kier alpha value is -2.99. The summed E-state index contributed by atoms with van der Waals surface area (Å²) in [5, 5.41) is 13.8. The molecule has 130 valence electrons. The van der Waals surface area contributed by atoms with Gasteiger partial charge in [-0.15, -0.1) is 0 Å². The van der Waals surface area contributed by atoms with Gasteiger partial charge in [-0.05, 0) is 23.6 Å². The van der Waals surface area contributed by atoms with Gasteiger partial charge in [0.05, 0.1) is 4.92 Å². The highest BCUT2D eigenvalue weighted by molar-refractivity contribution is 6.24. The molecule has 0 radical (unpaired) electrons. The lowest BCUT2D eigenvalue weighted by Gasteiger charge is -2.10. The Morgan fingerprint density at radius 3 is 2.64 bits per heavy atom. The van der Waals surface area contributed by atoms with Crippen LogP contribution in [-0.2, 0) is 9.53 Å². The van der Waals surface area contributed by atoms with Crippen LogP contribution in [0.2, 0.25) is 0 Å². The smallest absolute Gasteiger partial charge is 0.270 e. The van der Waals surface area contributed by atoms with Crippen molar-refractivity contribution in [2.75, 3.05) is 20.3 Å². The quantitative estimate of drug-likeness (QED) is 0.263. The number of methoxy groups -OCH3 is 1. The lowest BCUT2D eigenvalue weighted by atomic mass is 10.0. The first-order valence-electron chi connectivity index (χ1n) is 7.90. The van der Waals surface area contributed by atoms with Crippen LogP contribution in [0.25, 0.3) is 11.6 Å². The average Bonchev–Trinajstić information content (AvgIpc) is 2.64. The van der Waals surface area contributed by atoms with Crippen LogP contribution in [0.5, 0.6) is 0 Å². The van der Waals surface area contributed by atoms with Crippen LogP contribution >= 0.6 is 0 Å². The van der Waals surface area contributed by atoms with E-state index in [-0.39, 0.29) is 11.6 Å². The van der Waals surface area contributed by atoms with Gasteiger partial charge in [-0.3, -0.25) is 14.9 Å². The van der Waals surface area contributed by atoms with E-state index >= 15 is 0 Å². The van der Waals surface area contributed by atoms with Crippen molar-refractivity contribution in [1.82, 2.24) is 5.32 Å². The molecule has 0 atom stereocenters. The Kier molecular flexibility index (Phi) is 6.86. The minimum atomic E-state index is -0.454. The van der Waals surface area contributed by atoms with Crippen molar-refractivity contribution in [3.63, 3.8) is 0 Å². The molecule has 6 heteroatoms. The fourth-order valence-electron chi connectivity index (χ4n) is 2.31.